The minimum Gasteiger partial charge on any atom is -0.452 e. The predicted molar refractivity (Wildman–Crippen MR) is 95.1 cm³/mol. The molecule has 0 aromatic heterocycles. The Morgan fingerprint density at radius 2 is 1.77 bits per heavy atom. The Balaban J connectivity index is 2.02. The average Bonchev–Trinajstić information content (AvgIpc) is 2.67. The lowest BCUT2D eigenvalue weighted by Gasteiger charge is -2.21. The molecule has 0 atom stereocenters. The van der Waals surface area contributed by atoms with Crippen molar-refractivity contribution in [3.8, 4) is 6.07 Å². The second kappa shape index (κ2) is 9.33. The molecule has 0 spiro atoms. The second-order valence-electron chi connectivity index (χ2n) is 5.56. The SMILES string of the molecule is CCc1ccc(C(=O)OCC(=O)N(CCC#N)c2ccc(F)cc2)cc1. The van der Waals surface area contributed by atoms with Crippen LogP contribution in [0.3, 0.4) is 0 Å². The number of hydrogen-bond acceptors (Lipinski definition) is 4. The first-order valence-corrected chi connectivity index (χ1v) is 8.24. The number of esters is 1. The minimum absolute atomic E-state index is 0.107. The third kappa shape index (κ3) is 5.15. The van der Waals surface area contributed by atoms with Gasteiger partial charge in [0.05, 0.1) is 18.1 Å². The smallest absolute Gasteiger partial charge is 0.338 e. The highest BCUT2D eigenvalue weighted by molar-refractivity contribution is 5.97. The van der Waals surface area contributed by atoms with Crippen molar-refractivity contribution in [2.75, 3.05) is 18.1 Å². The first kappa shape index (κ1) is 19.1. The van der Waals surface area contributed by atoms with E-state index in [1.54, 1.807) is 12.1 Å². The Hall–Kier alpha value is -3.20. The summed E-state index contributed by atoms with van der Waals surface area (Å²) in [5.41, 5.74) is 1.90. The lowest BCUT2D eigenvalue weighted by atomic mass is 10.1. The number of aryl methyl sites for hydroxylation is 1. The van der Waals surface area contributed by atoms with Crippen LogP contribution in [0.25, 0.3) is 0 Å². The van der Waals surface area contributed by atoms with E-state index in [1.165, 1.54) is 29.2 Å². The number of amides is 1. The van der Waals surface area contributed by atoms with E-state index in [4.69, 9.17) is 10.00 Å². The van der Waals surface area contributed by atoms with Crippen LogP contribution < -0.4 is 4.90 Å². The molecule has 0 saturated heterocycles. The first-order valence-electron chi connectivity index (χ1n) is 8.24. The van der Waals surface area contributed by atoms with Gasteiger partial charge >= 0.3 is 5.97 Å². The Morgan fingerprint density at radius 3 is 2.35 bits per heavy atom. The maximum Gasteiger partial charge on any atom is 0.338 e. The number of halogens is 1. The Bertz CT molecular complexity index is 795. The molecule has 6 heteroatoms. The maximum absolute atomic E-state index is 13.1. The van der Waals surface area contributed by atoms with Gasteiger partial charge in [-0.05, 0) is 48.4 Å². The van der Waals surface area contributed by atoms with E-state index in [0.717, 1.165) is 12.0 Å². The second-order valence-corrected chi connectivity index (χ2v) is 5.56. The van der Waals surface area contributed by atoms with Gasteiger partial charge in [-0.15, -0.1) is 0 Å². The molecule has 2 rings (SSSR count). The first-order chi connectivity index (χ1) is 12.5. The average molecular weight is 354 g/mol. The molecular formula is C20H19FN2O3. The van der Waals surface area contributed by atoms with Crippen molar-refractivity contribution in [1.82, 2.24) is 0 Å². The monoisotopic (exact) mass is 354 g/mol. The highest BCUT2D eigenvalue weighted by Crippen LogP contribution is 2.16. The van der Waals surface area contributed by atoms with Crippen LogP contribution in [-0.4, -0.2) is 25.0 Å². The van der Waals surface area contributed by atoms with E-state index >= 15 is 0 Å². The van der Waals surface area contributed by atoms with E-state index < -0.39 is 24.3 Å². The topological polar surface area (TPSA) is 70.4 Å². The van der Waals surface area contributed by atoms with Crippen molar-refractivity contribution in [2.24, 2.45) is 0 Å². The molecule has 134 valence electrons. The summed E-state index contributed by atoms with van der Waals surface area (Å²) in [7, 11) is 0. The zero-order valence-corrected chi connectivity index (χ0v) is 14.4. The van der Waals surface area contributed by atoms with Crippen LogP contribution >= 0.6 is 0 Å². The molecule has 0 aliphatic carbocycles. The van der Waals surface area contributed by atoms with E-state index in [0.29, 0.717) is 11.3 Å². The number of carbonyl (C=O) groups is 2. The fourth-order valence-electron chi connectivity index (χ4n) is 2.35. The van der Waals surface area contributed by atoms with Crippen LogP contribution in [0, 0.1) is 17.1 Å². The fraction of sp³-hybridized carbons (Fsp3) is 0.250. The maximum atomic E-state index is 13.1. The zero-order chi connectivity index (χ0) is 18.9. The summed E-state index contributed by atoms with van der Waals surface area (Å²) in [6, 6.07) is 14.3. The van der Waals surface area contributed by atoms with Crippen molar-refractivity contribution in [3.05, 3.63) is 65.5 Å². The van der Waals surface area contributed by atoms with Gasteiger partial charge in [-0.2, -0.15) is 5.26 Å². The normalized spacial score (nSPS) is 10.0. The van der Waals surface area contributed by atoms with Crippen LogP contribution in [0.2, 0.25) is 0 Å². The molecule has 0 saturated carbocycles. The van der Waals surface area contributed by atoms with E-state index in [-0.39, 0.29) is 13.0 Å². The van der Waals surface area contributed by atoms with Crippen LogP contribution in [0.1, 0.15) is 29.3 Å². The molecule has 0 fully saturated rings. The Morgan fingerprint density at radius 1 is 1.12 bits per heavy atom. The molecule has 0 unspecified atom stereocenters. The molecule has 5 nitrogen and oxygen atoms in total. The number of anilines is 1. The van der Waals surface area contributed by atoms with Crippen molar-refractivity contribution >= 4 is 17.6 Å². The third-order valence-corrected chi connectivity index (χ3v) is 3.81. The van der Waals surface area contributed by atoms with Crippen molar-refractivity contribution in [1.29, 1.82) is 5.26 Å². The van der Waals surface area contributed by atoms with Gasteiger partial charge in [-0.1, -0.05) is 19.1 Å². The number of nitrogens with zero attached hydrogens (tertiary/aromatic N) is 2. The standard InChI is InChI=1S/C20H19FN2O3/c1-2-15-4-6-16(7-5-15)20(25)26-14-19(24)23(13-3-12-22)18-10-8-17(21)9-11-18/h4-11H,2-3,13-14H2,1H3. The Labute approximate surface area is 151 Å². The number of benzene rings is 2. The van der Waals surface area contributed by atoms with Crippen LogP contribution in [-0.2, 0) is 16.0 Å². The molecule has 2 aromatic rings. The van der Waals surface area contributed by atoms with Gasteiger partial charge in [0.15, 0.2) is 6.61 Å². The summed E-state index contributed by atoms with van der Waals surface area (Å²) in [5.74, 6) is -1.51. The molecular weight excluding hydrogens is 335 g/mol. The van der Waals surface area contributed by atoms with E-state index in [1.807, 2.05) is 25.1 Å². The molecule has 0 N–H and O–H groups in total. The number of hydrogen-bond donors (Lipinski definition) is 0. The highest BCUT2D eigenvalue weighted by atomic mass is 19.1. The summed E-state index contributed by atoms with van der Waals surface area (Å²) in [6.45, 7) is 1.68. The lowest BCUT2D eigenvalue weighted by molar-refractivity contribution is -0.121. The van der Waals surface area contributed by atoms with Crippen LogP contribution in [0.4, 0.5) is 10.1 Å². The predicted octanol–water partition coefficient (Wildman–Crippen LogP) is 3.49. The lowest BCUT2D eigenvalue weighted by Crippen LogP contribution is -2.35. The number of nitriles is 1. The van der Waals surface area contributed by atoms with Crippen LogP contribution in [0.5, 0.6) is 0 Å². The van der Waals surface area contributed by atoms with Gasteiger partial charge in [-0.25, -0.2) is 9.18 Å². The van der Waals surface area contributed by atoms with Crippen molar-refractivity contribution in [2.45, 2.75) is 19.8 Å². The summed E-state index contributed by atoms with van der Waals surface area (Å²) < 4.78 is 18.2. The molecule has 26 heavy (non-hydrogen) atoms. The molecule has 1 amide bonds. The number of carbonyl (C=O) groups excluding carboxylic acids is 2. The fourth-order valence-corrected chi connectivity index (χ4v) is 2.35. The molecule has 0 bridgehead atoms. The minimum atomic E-state index is -0.597. The largest absolute Gasteiger partial charge is 0.452 e. The molecule has 0 aliphatic heterocycles. The van der Waals surface area contributed by atoms with E-state index in [9.17, 15) is 14.0 Å². The summed E-state index contributed by atoms with van der Waals surface area (Å²) in [5, 5.41) is 8.76. The van der Waals surface area contributed by atoms with Gasteiger partial charge in [0.2, 0.25) is 0 Å². The highest BCUT2D eigenvalue weighted by Gasteiger charge is 2.18. The van der Waals surface area contributed by atoms with Crippen molar-refractivity contribution in [3.63, 3.8) is 0 Å². The van der Waals surface area contributed by atoms with Crippen LogP contribution in [0.15, 0.2) is 48.5 Å². The molecule has 0 heterocycles. The van der Waals surface area contributed by atoms with Gasteiger partial charge in [0.25, 0.3) is 5.91 Å². The molecule has 0 radical (unpaired) electrons. The summed E-state index contributed by atoms with van der Waals surface area (Å²) in [4.78, 5) is 25.8. The third-order valence-electron chi connectivity index (χ3n) is 3.81. The van der Waals surface area contributed by atoms with Gasteiger partial charge < -0.3 is 9.64 Å². The number of ether oxygens (including phenoxy) is 1. The summed E-state index contributed by atoms with van der Waals surface area (Å²) >= 11 is 0. The molecule has 2 aromatic carbocycles. The van der Waals surface area contributed by atoms with Gasteiger partial charge in [-0.3, -0.25) is 4.79 Å². The quantitative estimate of drug-likeness (QED) is 0.714. The van der Waals surface area contributed by atoms with E-state index in [2.05, 4.69) is 0 Å². The van der Waals surface area contributed by atoms with Gasteiger partial charge in [0, 0.05) is 12.2 Å². The van der Waals surface area contributed by atoms with Crippen molar-refractivity contribution < 1.29 is 18.7 Å². The molecule has 0 aliphatic rings. The van der Waals surface area contributed by atoms with Gasteiger partial charge in [0.1, 0.15) is 5.82 Å². The zero-order valence-electron chi connectivity index (χ0n) is 14.4. The number of rotatable bonds is 7. The summed E-state index contributed by atoms with van der Waals surface area (Å²) in [6.07, 6.45) is 0.967. The Kier molecular flexibility index (Phi) is 6.86.